The molecular weight excluding hydrogens is 260 g/mol. The van der Waals surface area contributed by atoms with E-state index < -0.39 is 4.92 Å². The fourth-order valence-corrected chi connectivity index (χ4v) is 1.09. The van der Waals surface area contributed by atoms with Gasteiger partial charge in [0.15, 0.2) is 5.11 Å². The highest BCUT2D eigenvalue weighted by Crippen LogP contribution is 2.07. The third-order valence-electron chi connectivity index (χ3n) is 1.94. The maximum Gasteiger partial charge on any atom is 0.306 e. The molecule has 1 aromatic rings. The third kappa shape index (κ3) is 4.33. The summed E-state index contributed by atoms with van der Waals surface area (Å²) in [4.78, 5) is 21.2. The Hall–Kier alpha value is -2.23. The van der Waals surface area contributed by atoms with Gasteiger partial charge in [-0.1, -0.05) is 0 Å². The summed E-state index contributed by atoms with van der Waals surface area (Å²) in [6.45, 7) is 0.244. The zero-order valence-electron chi connectivity index (χ0n) is 9.54. The minimum absolute atomic E-state index is 0.107. The number of thiocarbonyl (C=S) groups is 1. The lowest BCUT2D eigenvalue weighted by Crippen LogP contribution is -2.45. The van der Waals surface area contributed by atoms with Crippen molar-refractivity contribution < 1.29 is 9.72 Å². The molecule has 1 rings (SSSR count). The second-order valence-electron chi connectivity index (χ2n) is 3.22. The van der Waals surface area contributed by atoms with E-state index in [0.717, 1.165) is 6.20 Å². The zero-order valence-corrected chi connectivity index (χ0v) is 10.4. The predicted molar refractivity (Wildman–Crippen MR) is 66.4 cm³/mol. The van der Waals surface area contributed by atoms with Crippen LogP contribution in [0.1, 0.15) is 6.42 Å². The maximum atomic E-state index is 11.3. The molecule has 18 heavy (non-hydrogen) atoms. The normalized spacial score (nSPS) is 9.61. The summed E-state index contributed by atoms with van der Waals surface area (Å²) < 4.78 is 1.33. The number of carbonyl (C=O) groups excluding carboxylic acids is 1. The van der Waals surface area contributed by atoms with Gasteiger partial charge < -0.3 is 5.32 Å². The number of carbonyl (C=O) groups is 1. The number of hydrazine groups is 1. The molecule has 3 N–H and O–H groups in total. The molecule has 0 saturated carbocycles. The molecule has 9 nitrogen and oxygen atoms in total. The molecule has 0 fully saturated rings. The van der Waals surface area contributed by atoms with Crippen molar-refractivity contribution in [1.29, 1.82) is 0 Å². The van der Waals surface area contributed by atoms with Crippen molar-refractivity contribution in [3.63, 3.8) is 0 Å². The van der Waals surface area contributed by atoms with Gasteiger partial charge in [0.1, 0.15) is 12.4 Å². The topological polar surface area (TPSA) is 114 Å². The molecule has 10 heteroatoms. The molecule has 1 amide bonds. The van der Waals surface area contributed by atoms with E-state index in [1.54, 1.807) is 7.05 Å². The summed E-state index contributed by atoms with van der Waals surface area (Å²) in [5, 5.41) is 17.1. The van der Waals surface area contributed by atoms with Crippen LogP contribution < -0.4 is 16.2 Å². The van der Waals surface area contributed by atoms with E-state index in [1.807, 2.05) is 0 Å². The first kappa shape index (κ1) is 13.8. The number of hydrogen-bond acceptors (Lipinski definition) is 5. The Morgan fingerprint density at radius 3 is 2.89 bits per heavy atom. The Labute approximate surface area is 108 Å². The van der Waals surface area contributed by atoms with Crippen molar-refractivity contribution in [2.75, 3.05) is 7.05 Å². The Morgan fingerprint density at radius 2 is 2.33 bits per heavy atom. The second kappa shape index (κ2) is 6.49. The summed E-state index contributed by atoms with van der Waals surface area (Å²) >= 11 is 4.75. The number of rotatable bonds is 4. The van der Waals surface area contributed by atoms with E-state index in [4.69, 9.17) is 12.2 Å². The first-order chi connectivity index (χ1) is 8.52. The van der Waals surface area contributed by atoms with Gasteiger partial charge in [0.2, 0.25) is 5.91 Å². The molecule has 0 atom stereocenters. The summed E-state index contributed by atoms with van der Waals surface area (Å²) in [5.41, 5.74) is 4.73. The van der Waals surface area contributed by atoms with E-state index >= 15 is 0 Å². The molecule has 0 aliphatic carbocycles. The van der Waals surface area contributed by atoms with E-state index in [-0.39, 0.29) is 29.7 Å². The van der Waals surface area contributed by atoms with Crippen molar-refractivity contribution in [2.45, 2.75) is 13.0 Å². The smallest absolute Gasteiger partial charge is 0.306 e. The minimum atomic E-state index is -0.545. The number of hydrogen-bond donors (Lipinski definition) is 3. The Kier molecular flexibility index (Phi) is 4.99. The van der Waals surface area contributed by atoms with Crippen LogP contribution in [-0.4, -0.2) is 32.8 Å². The van der Waals surface area contributed by atoms with Gasteiger partial charge in [-0.05, 0) is 12.2 Å². The number of aromatic nitrogens is 2. The van der Waals surface area contributed by atoms with Gasteiger partial charge in [0.25, 0.3) is 0 Å². The molecule has 0 aromatic carbocycles. The summed E-state index contributed by atoms with van der Waals surface area (Å²) in [7, 11) is 1.62. The van der Waals surface area contributed by atoms with Crippen molar-refractivity contribution in [1.82, 2.24) is 25.9 Å². The van der Waals surface area contributed by atoms with Gasteiger partial charge in [-0.25, -0.2) is 0 Å². The van der Waals surface area contributed by atoms with E-state index in [0.29, 0.717) is 0 Å². The fourth-order valence-electron chi connectivity index (χ4n) is 1.04. The molecular formula is C8H12N6O3S. The molecule has 0 aliphatic heterocycles. The maximum absolute atomic E-state index is 11.3. The average Bonchev–Trinajstić information content (AvgIpc) is 2.82. The molecule has 1 aromatic heterocycles. The molecule has 0 saturated heterocycles. The van der Waals surface area contributed by atoms with Crippen LogP contribution in [0.5, 0.6) is 0 Å². The second-order valence-corrected chi connectivity index (χ2v) is 3.63. The van der Waals surface area contributed by atoms with Crippen LogP contribution in [0.3, 0.4) is 0 Å². The quantitative estimate of drug-likeness (QED) is 0.377. The van der Waals surface area contributed by atoms with Gasteiger partial charge in [0.05, 0.1) is 11.5 Å². The lowest BCUT2D eigenvalue weighted by atomic mass is 10.4. The van der Waals surface area contributed by atoms with Crippen LogP contribution in [0.2, 0.25) is 0 Å². The Morgan fingerprint density at radius 1 is 1.61 bits per heavy atom. The highest BCUT2D eigenvalue weighted by Gasteiger charge is 2.09. The van der Waals surface area contributed by atoms with Crippen LogP contribution >= 0.6 is 12.2 Å². The number of aryl methyl sites for hydroxylation is 1. The summed E-state index contributed by atoms with van der Waals surface area (Å²) in [6.07, 6.45) is 2.52. The SMILES string of the molecule is CNC(=S)NNC(=O)CCn1cc([N+](=O)[O-])cn1. The van der Waals surface area contributed by atoms with Gasteiger partial charge in [-0.15, -0.1) is 0 Å². The van der Waals surface area contributed by atoms with Gasteiger partial charge in [-0.2, -0.15) is 5.10 Å². The molecule has 0 bridgehead atoms. The van der Waals surface area contributed by atoms with Crippen molar-refractivity contribution in [3.8, 4) is 0 Å². The van der Waals surface area contributed by atoms with Crippen LogP contribution in [-0.2, 0) is 11.3 Å². The molecule has 0 spiro atoms. The first-order valence-electron chi connectivity index (χ1n) is 4.96. The third-order valence-corrected chi connectivity index (χ3v) is 2.25. The Balaban J connectivity index is 2.33. The number of nitrogens with zero attached hydrogens (tertiary/aromatic N) is 3. The highest BCUT2D eigenvalue weighted by atomic mass is 32.1. The lowest BCUT2D eigenvalue weighted by molar-refractivity contribution is -0.385. The van der Waals surface area contributed by atoms with Crippen LogP contribution in [0.4, 0.5) is 5.69 Å². The van der Waals surface area contributed by atoms with E-state index in [2.05, 4.69) is 21.3 Å². The Bertz CT molecular complexity index is 459. The summed E-state index contributed by atoms with van der Waals surface area (Å²) in [6, 6.07) is 0. The van der Waals surface area contributed by atoms with Gasteiger partial charge in [0, 0.05) is 13.5 Å². The number of nitro groups is 1. The van der Waals surface area contributed by atoms with E-state index in [1.165, 1.54) is 10.9 Å². The van der Waals surface area contributed by atoms with Crippen LogP contribution in [0, 0.1) is 10.1 Å². The largest absolute Gasteiger partial charge is 0.364 e. The van der Waals surface area contributed by atoms with Crippen molar-refractivity contribution in [2.24, 2.45) is 0 Å². The molecule has 98 valence electrons. The fraction of sp³-hybridized carbons (Fsp3) is 0.375. The minimum Gasteiger partial charge on any atom is -0.364 e. The highest BCUT2D eigenvalue weighted by molar-refractivity contribution is 7.80. The van der Waals surface area contributed by atoms with Gasteiger partial charge >= 0.3 is 5.69 Å². The van der Waals surface area contributed by atoms with Gasteiger partial charge in [-0.3, -0.25) is 30.4 Å². The van der Waals surface area contributed by atoms with E-state index in [9.17, 15) is 14.9 Å². The van der Waals surface area contributed by atoms with Crippen molar-refractivity contribution >= 4 is 28.9 Å². The predicted octanol–water partition coefficient (Wildman–Crippen LogP) is -0.693. The monoisotopic (exact) mass is 272 g/mol. The molecule has 0 aliphatic rings. The molecule has 0 radical (unpaired) electrons. The molecule has 0 unspecified atom stereocenters. The lowest BCUT2D eigenvalue weighted by Gasteiger charge is -2.08. The number of amides is 1. The van der Waals surface area contributed by atoms with Crippen LogP contribution in [0.25, 0.3) is 0 Å². The number of nitrogens with one attached hydrogen (secondary N) is 3. The molecule has 1 heterocycles. The average molecular weight is 272 g/mol. The summed E-state index contributed by atoms with van der Waals surface area (Å²) in [5.74, 6) is -0.300. The van der Waals surface area contributed by atoms with Crippen molar-refractivity contribution in [3.05, 3.63) is 22.5 Å². The zero-order chi connectivity index (χ0) is 13.5. The standard InChI is InChI=1S/C8H12N6O3S/c1-9-8(18)12-11-7(15)2-3-13-5-6(4-10-13)14(16)17/h4-5H,2-3H2,1H3,(H,11,15)(H2,9,12,18). The van der Waals surface area contributed by atoms with Crippen LogP contribution in [0.15, 0.2) is 12.4 Å². The first-order valence-corrected chi connectivity index (χ1v) is 5.37.